The zero-order chi connectivity index (χ0) is 15.7. The molecule has 9 nitrogen and oxygen atoms in total. The highest BCUT2D eigenvalue weighted by molar-refractivity contribution is 7.88. The standard InChI is InChI=1S/C11H15N5O4S/c12-15-13-7-1-2-8-14-21(19,20)9-10-3-5-11(6-4-10)16(17)18/h3-6,14H,1-2,7-9H2. The first-order chi connectivity index (χ1) is 9.94. The molecule has 0 aliphatic carbocycles. The minimum Gasteiger partial charge on any atom is -0.258 e. The summed E-state index contributed by atoms with van der Waals surface area (Å²) in [6, 6.07) is 5.37. The summed E-state index contributed by atoms with van der Waals surface area (Å²) in [6.07, 6.45) is 1.17. The highest BCUT2D eigenvalue weighted by Gasteiger charge is 2.12. The van der Waals surface area contributed by atoms with Gasteiger partial charge in [-0.15, -0.1) is 0 Å². The van der Waals surface area contributed by atoms with Crippen molar-refractivity contribution in [2.24, 2.45) is 5.11 Å². The number of nitrogens with zero attached hydrogens (tertiary/aromatic N) is 4. The monoisotopic (exact) mass is 313 g/mol. The molecule has 1 aromatic rings. The fraction of sp³-hybridized carbons (Fsp3) is 0.455. The first-order valence-electron chi connectivity index (χ1n) is 6.16. The molecule has 0 fully saturated rings. The molecule has 114 valence electrons. The molecular weight excluding hydrogens is 298 g/mol. The van der Waals surface area contributed by atoms with E-state index in [1.807, 2.05) is 0 Å². The van der Waals surface area contributed by atoms with Crippen LogP contribution in [0.4, 0.5) is 5.69 Å². The molecule has 0 amide bonds. The third-order valence-electron chi connectivity index (χ3n) is 2.57. The highest BCUT2D eigenvalue weighted by atomic mass is 32.2. The number of azide groups is 1. The van der Waals surface area contributed by atoms with Crippen molar-refractivity contribution in [3.63, 3.8) is 0 Å². The molecule has 0 bridgehead atoms. The van der Waals surface area contributed by atoms with Crippen LogP contribution in [0.2, 0.25) is 0 Å². The predicted molar refractivity (Wildman–Crippen MR) is 77.0 cm³/mol. The van der Waals surface area contributed by atoms with Gasteiger partial charge in [0, 0.05) is 30.1 Å². The molecule has 0 aliphatic rings. The molecule has 0 radical (unpaired) electrons. The number of nitrogens with one attached hydrogen (secondary N) is 1. The Bertz CT molecular complexity index is 623. The maximum absolute atomic E-state index is 11.8. The van der Waals surface area contributed by atoms with Crippen molar-refractivity contribution in [3.8, 4) is 0 Å². The van der Waals surface area contributed by atoms with E-state index in [4.69, 9.17) is 5.53 Å². The zero-order valence-corrected chi connectivity index (χ0v) is 12.0. The number of non-ortho nitro benzene ring substituents is 1. The second-order valence-corrected chi connectivity index (χ2v) is 6.05. The summed E-state index contributed by atoms with van der Waals surface area (Å²) in [5.41, 5.74) is 8.47. The minimum atomic E-state index is -3.48. The molecule has 0 unspecified atom stereocenters. The Balaban J connectivity index is 2.44. The largest absolute Gasteiger partial charge is 0.269 e. The summed E-state index contributed by atoms with van der Waals surface area (Å²) < 4.78 is 26.0. The Morgan fingerprint density at radius 1 is 1.29 bits per heavy atom. The minimum absolute atomic E-state index is 0.0813. The lowest BCUT2D eigenvalue weighted by atomic mass is 10.2. The number of unbranched alkanes of at least 4 members (excludes halogenated alkanes) is 1. The maximum Gasteiger partial charge on any atom is 0.269 e. The van der Waals surface area contributed by atoms with E-state index in [-0.39, 0.29) is 18.0 Å². The van der Waals surface area contributed by atoms with E-state index >= 15 is 0 Å². The molecule has 1 rings (SSSR count). The lowest BCUT2D eigenvalue weighted by Gasteiger charge is -2.06. The van der Waals surface area contributed by atoms with Crippen molar-refractivity contribution >= 4 is 15.7 Å². The first-order valence-corrected chi connectivity index (χ1v) is 7.81. The normalized spacial score (nSPS) is 10.9. The van der Waals surface area contributed by atoms with E-state index < -0.39 is 14.9 Å². The van der Waals surface area contributed by atoms with Gasteiger partial charge in [0.1, 0.15) is 0 Å². The quantitative estimate of drug-likeness (QED) is 0.186. The average Bonchev–Trinajstić information content (AvgIpc) is 2.43. The number of nitro benzene ring substituents is 1. The average molecular weight is 313 g/mol. The predicted octanol–water partition coefficient (Wildman–Crippen LogP) is 2.10. The van der Waals surface area contributed by atoms with E-state index in [2.05, 4.69) is 14.7 Å². The van der Waals surface area contributed by atoms with Gasteiger partial charge in [0.25, 0.3) is 5.69 Å². The van der Waals surface area contributed by atoms with Crippen LogP contribution >= 0.6 is 0 Å². The van der Waals surface area contributed by atoms with Crippen LogP contribution in [0.15, 0.2) is 29.4 Å². The molecule has 0 heterocycles. The van der Waals surface area contributed by atoms with Crippen LogP contribution < -0.4 is 4.72 Å². The third kappa shape index (κ3) is 6.70. The summed E-state index contributed by atoms with van der Waals surface area (Å²) in [5, 5.41) is 13.8. The Morgan fingerprint density at radius 3 is 2.52 bits per heavy atom. The topological polar surface area (TPSA) is 138 Å². The summed E-state index contributed by atoms with van der Waals surface area (Å²) in [7, 11) is -3.48. The van der Waals surface area contributed by atoms with E-state index in [1.54, 1.807) is 0 Å². The first kappa shape index (κ1) is 16.9. The van der Waals surface area contributed by atoms with Gasteiger partial charge in [0.2, 0.25) is 10.0 Å². The van der Waals surface area contributed by atoms with Crippen LogP contribution in [0.1, 0.15) is 18.4 Å². The van der Waals surface area contributed by atoms with Gasteiger partial charge >= 0.3 is 0 Å². The zero-order valence-electron chi connectivity index (χ0n) is 11.2. The second-order valence-electron chi connectivity index (χ2n) is 4.24. The number of sulfonamides is 1. The fourth-order valence-electron chi connectivity index (χ4n) is 1.56. The summed E-state index contributed by atoms with van der Waals surface area (Å²) in [5.74, 6) is -0.235. The van der Waals surface area contributed by atoms with E-state index in [0.717, 1.165) is 0 Å². The molecule has 0 spiro atoms. The molecule has 0 atom stereocenters. The number of rotatable bonds is 9. The van der Waals surface area contributed by atoms with Gasteiger partial charge in [-0.25, -0.2) is 13.1 Å². The van der Waals surface area contributed by atoms with Gasteiger partial charge in [-0.2, -0.15) is 0 Å². The Labute approximate surface area is 121 Å². The van der Waals surface area contributed by atoms with Crippen LogP contribution in [0.5, 0.6) is 0 Å². The van der Waals surface area contributed by atoms with Gasteiger partial charge < -0.3 is 0 Å². The van der Waals surface area contributed by atoms with Gasteiger partial charge in [0.15, 0.2) is 0 Å². The number of hydrogen-bond acceptors (Lipinski definition) is 5. The molecular formula is C11H15N5O4S. The molecule has 10 heteroatoms. The number of benzene rings is 1. The second kappa shape index (κ2) is 8.20. The van der Waals surface area contributed by atoms with Crippen molar-refractivity contribution < 1.29 is 13.3 Å². The molecule has 0 saturated carbocycles. The van der Waals surface area contributed by atoms with Gasteiger partial charge in [-0.3, -0.25) is 10.1 Å². The summed E-state index contributed by atoms with van der Waals surface area (Å²) in [6.45, 7) is 0.594. The van der Waals surface area contributed by atoms with Gasteiger partial charge in [0.05, 0.1) is 10.7 Å². The van der Waals surface area contributed by atoms with Crippen molar-refractivity contribution in [2.45, 2.75) is 18.6 Å². The fourth-order valence-corrected chi connectivity index (χ4v) is 2.75. The number of hydrogen-bond donors (Lipinski definition) is 1. The third-order valence-corrected chi connectivity index (χ3v) is 3.93. The molecule has 0 saturated heterocycles. The van der Waals surface area contributed by atoms with E-state index in [0.29, 0.717) is 24.9 Å². The van der Waals surface area contributed by atoms with Crippen molar-refractivity contribution in [1.82, 2.24) is 4.72 Å². The Hall–Kier alpha value is -2.16. The SMILES string of the molecule is [N-]=[N+]=NCCCCNS(=O)(=O)Cc1ccc([N+](=O)[O-])cc1. The lowest BCUT2D eigenvalue weighted by molar-refractivity contribution is -0.384. The van der Waals surface area contributed by atoms with Crippen LogP contribution in [0.25, 0.3) is 10.4 Å². The molecule has 1 aromatic carbocycles. The lowest BCUT2D eigenvalue weighted by Crippen LogP contribution is -2.26. The maximum atomic E-state index is 11.8. The molecule has 21 heavy (non-hydrogen) atoms. The molecule has 0 aliphatic heterocycles. The number of nitro groups is 1. The van der Waals surface area contributed by atoms with Crippen LogP contribution in [0.3, 0.4) is 0 Å². The van der Waals surface area contributed by atoms with Gasteiger partial charge in [-0.1, -0.05) is 17.2 Å². The summed E-state index contributed by atoms with van der Waals surface area (Å²) in [4.78, 5) is 12.5. The highest BCUT2D eigenvalue weighted by Crippen LogP contribution is 2.13. The summed E-state index contributed by atoms with van der Waals surface area (Å²) >= 11 is 0. The Morgan fingerprint density at radius 2 is 1.95 bits per heavy atom. The molecule has 0 aromatic heterocycles. The smallest absolute Gasteiger partial charge is 0.258 e. The van der Waals surface area contributed by atoms with Crippen molar-refractivity contribution in [2.75, 3.05) is 13.1 Å². The Kier molecular flexibility index (Phi) is 6.60. The van der Waals surface area contributed by atoms with Crippen LogP contribution in [-0.2, 0) is 15.8 Å². The van der Waals surface area contributed by atoms with Crippen LogP contribution in [0, 0.1) is 10.1 Å². The molecule has 1 N–H and O–H groups in total. The van der Waals surface area contributed by atoms with E-state index in [1.165, 1.54) is 24.3 Å². The van der Waals surface area contributed by atoms with Crippen molar-refractivity contribution in [1.29, 1.82) is 0 Å². The van der Waals surface area contributed by atoms with Crippen LogP contribution in [-0.4, -0.2) is 26.4 Å². The van der Waals surface area contributed by atoms with E-state index in [9.17, 15) is 18.5 Å². The van der Waals surface area contributed by atoms with Crippen molar-refractivity contribution in [3.05, 3.63) is 50.4 Å². The van der Waals surface area contributed by atoms with Gasteiger partial charge in [-0.05, 0) is 23.9 Å².